The van der Waals surface area contributed by atoms with Crippen molar-refractivity contribution in [3.63, 3.8) is 0 Å². The number of rotatable bonds is 5. The number of methoxy groups -OCH3 is 1. The Morgan fingerprint density at radius 2 is 2.06 bits per heavy atom. The van der Waals surface area contributed by atoms with Gasteiger partial charge in [0.05, 0.1) is 7.11 Å². The maximum atomic E-state index is 11.8. The van der Waals surface area contributed by atoms with E-state index in [1.807, 2.05) is 0 Å². The van der Waals surface area contributed by atoms with Crippen LogP contribution < -0.4 is 10.5 Å². The third kappa shape index (κ3) is 3.04. The van der Waals surface area contributed by atoms with Crippen molar-refractivity contribution in [3.8, 4) is 5.75 Å². The summed E-state index contributed by atoms with van der Waals surface area (Å²) in [4.78, 5) is 11.7. The largest absolute Gasteiger partial charge is 0.495 e. The van der Waals surface area contributed by atoms with Gasteiger partial charge in [-0.2, -0.15) is 0 Å². The van der Waals surface area contributed by atoms with Gasteiger partial charge in [-0.15, -0.1) is 0 Å². The molecule has 0 aromatic heterocycles. The predicted octanol–water partition coefficient (Wildman–Crippen LogP) is 0.630. The number of Topliss-reactive ketones (excluding diaryl/α,β-unsaturated/α-hetero) is 1. The van der Waals surface area contributed by atoms with Crippen LogP contribution in [0.1, 0.15) is 16.8 Å². The minimum absolute atomic E-state index is 0.0686. The summed E-state index contributed by atoms with van der Waals surface area (Å²) in [5, 5.41) is 0. The first-order valence-electron chi connectivity index (χ1n) is 5.02. The molecule has 1 aromatic carbocycles. The normalized spacial score (nSPS) is 11.2. The lowest BCUT2D eigenvalue weighted by atomic mass is 10.1. The topological polar surface area (TPSA) is 86.5 Å². The number of carbonyl (C=O) groups is 1. The molecule has 17 heavy (non-hydrogen) atoms. The van der Waals surface area contributed by atoms with E-state index in [1.165, 1.54) is 19.2 Å². The Hall–Kier alpha value is -1.40. The molecular formula is C11H15NO4S. The molecule has 0 atom stereocenters. The Morgan fingerprint density at radius 1 is 1.41 bits per heavy atom. The second-order valence-corrected chi connectivity index (χ2v) is 5.52. The van der Waals surface area contributed by atoms with Crippen molar-refractivity contribution >= 4 is 15.6 Å². The smallest absolute Gasteiger partial charge is 0.179 e. The van der Waals surface area contributed by atoms with Crippen molar-refractivity contribution in [1.82, 2.24) is 0 Å². The van der Waals surface area contributed by atoms with Crippen LogP contribution in [0.15, 0.2) is 23.1 Å². The molecule has 0 spiro atoms. The minimum Gasteiger partial charge on any atom is -0.495 e. The molecule has 0 amide bonds. The molecule has 0 aliphatic rings. The van der Waals surface area contributed by atoms with Gasteiger partial charge in [0.15, 0.2) is 15.6 Å². The van der Waals surface area contributed by atoms with Crippen LogP contribution in [-0.2, 0) is 9.84 Å². The molecule has 1 rings (SSSR count). The van der Waals surface area contributed by atoms with Crippen LogP contribution in [0.3, 0.4) is 0 Å². The monoisotopic (exact) mass is 257 g/mol. The fourth-order valence-corrected chi connectivity index (χ4v) is 2.64. The van der Waals surface area contributed by atoms with Crippen molar-refractivity contribution in [3.05, 3.63) is 23.8 Å². The van der Waals surface area contributed by atoms with Gasteiger partial charge in [0, 0.05) is 18.2 Å². The second-order valence-electron chi connectivity index (χ2n) is 3.57. The zero-order valence-electron chi connectivity index (χ0n) is 9.76. The van der Waals surface area contributed by atoms with Crippen LogP contribution in [-0.4, -0.2) is 34.1 Å². The molecule has 0 unspecified atom stereocenters. The molecule has 0 fully saturated rings. The standard InChI is InChI=1S/C11H15NO4S/c1-16-10-5-3-4-8(9(13)6-7-12)11(10)17(2,14)15/h3-5H,6-7,12H2,1-2H3. The zero-order valence-corrected chi connectivity index (χ0v) is 10.6. The van der Waals surface area contributed by atoms with Gasteiger partial charge < -0.3 is 10.5 Å². The Bertz CT molecular complexity index is 522. The summed E-state index contributed by atoms with van der Waals surface area (Å²) in [6.07, 6.45) is 1.15. The third-order valence-electron chi connectivity index (χ3n) is 2.24. The van der Waals surface area contributed by atoms with Crippen molar-refractivity contribution in [2.75, 3.05) is 19.9 Å². The number of benzene rings is 1. The van der Waals surface area contributed by atoms with Crippen molar-refractivity contribution in [2.24, 2.45) is 5.73 Å². The molecule has 0 aliphatic carbocycles. The lowest BCUT2D eigenvalue weighted by Crippen LogP contribution is -2.13. The van der Waals surface area contributed by atoms with Crippen molar-refractivity contribution in [1.29, 1.82) is 0 Å². The molecule has 6 heteroatoms. The Labute approximate surface area is 100 Å². The highest BCUT2D eigenvalue weighted by molar-refractivity contribution is 7.90. The predicted molar refractivity (Wildman–Crippen MR) is 64.1 cm³/mol. The summed E-state index contributed by atoms with van der Waals surface area (Å²) in [5.41, 5.74) is 5.43. The highest BCUT2D eigenvalue weighted by Gasteiger charge is 2.22. The van der Waals surface area contributed by atoms with E-state index in [0.717, 1.165) is 6.26 Å². The van der Waals surface area contributed by atoms with Gasteiger partial charge in [0.1, 0.15) is 10.6 Å². The molecule has 0 bridgehead atoms. The highest BCUT2D eigenvalue weighted by Crippen LogP contribution is 2.28. The molecule has 5 nitrogen and oxygen atoms in total. The number of hydrogen-bond donors (Lipinski definition) is 1. The van der Waals surface area contributed by atoms with Gasteiger partial charge in [-0.1, -0.05) is 6.07 Å². The summed E-state index contributed by atoms with van der Waals surface area (Å²) in [7, 11) is -2.16. The molecule has 0 radical (unpaired) electrons. The van der Waals surface area contributed by atoms with Gasteiger partial charge in [0.25, 0.3) is 0 Å². The molecule has 94 valence electrons. The summed E-state index contributed by atoms with van der Waals surface area (Å²) < 4.78 is 28.3. The van der Waals surface area contributed by atoms with Crippen LogP contribution in [0.2, 0.25) is 0 Å². The quantitative estimate of drug-likeness (QED) is 0.782. The number of ether oxygens (including phenoxy) is 1. The van der Waals surface area contributed by atoms with Gasteiger partial charge >= 0.3 is 0 Å². The first-order valence-corrected chi connectivity index (χ1v) is 6.91. The Balaban J connectivity index is 3.46. The van der Waals surface area contributed by atoms with E-state index in [1.54, 1.807) is 6.07 Å². The van der Waals surface area contributed by atoms with E-state index in [4.69, 9.17) is 10.5 Å². The second kappa shape index (κ2) is 5.29. The average molecular weight is 257 g/mol. The SMILES string of the molecule is COc1cccc(C(=O)CCN)c1S(C)(=O)=O. The average Bonchev–Trinajstić information content (AvgIpc) is 2.27. The van der Waals surface area contributed by atoms with Gasteiger partial charge in [-0.25, -0.2) is 8.42 Å². The molecule has 0 saturated heterocycles. The molecule has 2 N–H and O–H groups in total. The number of hydrogen-bond acceptors (Lipinski definition) is 5. The van der Waals surface area contributed by atoms with Crippen LogP contribution in [0, 0.1) is 0 Å². The number of sulfone groups is 1. The number of ketones is 1. The van der Waals surface area contributed by atoms with Crippen molar-refractivity contribution < 1.29 is 17.9 Å². The molecule has 0 aliphatic heterocycles. The fourth-order valence-electron chi connectivity index (χ4n) is 1.54. The van der Waals surface area contributed by atoms with E-state index in [0.29, 0.717) is 0 Å². The first kappa shape index (κ1) is 13.7. The Kier molecular flexibility index (Phi) is 4.25. The molecular weight excluding hydrogens is 242 g/mol. The minimum atomic E-state index is -3.53. The van der Waals surface area contributed by atoms with E-state index >= 15 is 0 Å². The number of nitrogens with two attached hydrogens (primary N) is 1. The maximum absolute atomic E-state index is 11.8. The summed E-state index contributed by atoms with van der Waals surface area (Å²) in [6.45, 7) is 0.180. The Morgan fingerprint density at radius 3 is 2.53 bits per heavy atom. The van der Waals surface area contributed by atoms with Gasteiger partial charge in [0.2, 0.25) is 0 Å². The highest BCUT2D eigenvalue weighted by atomic mass is 32.2. The van der Waals surface area contributed by atoms with Gasteiger partial charge in [-0.3, -0.25) is 4.79 Å². The fraction of sp³-hybridized carbons (Fsp3) is 0.364. The van der Waals surface area contributed by atoms with E-state index in [-0.39, 0.29) is 35.0 Å². The summed E-state index contributed by atoms with van der Waals surface area (Å²) in [6, 6.07) is 4.56. The van der Waals surface area contributed by atoms with E-state index in [2.05, 4.69) is 0 Å². The lowest BCUT2D eigenvalue weighted by Gasteiger charge is -2.11. The summed E-state index contributed by atoms with van der Waals surface area (Å²) in [5.74, 6) is -0.123. The molecule has 0 saturated carbocycles. The summed E-state index contributed by atoms with van der Waals surface area (Å²) >= 11 is 0. The van der Waals surface area contributed by atoms with E-state index < -0.39 is 9.84 Å². The first-order chi connectivity index (χ1) is 7.91. The molecule has 1 aromatic rings. The third-order valence-corrected chi connectivity index (χ3v) is 3.40. The maximum Gasteiger partial charge on any atom is 0.179 e. The molecule has 0 heterocycles. The van der Waals surface area contributed by atoms with Gasteiger partial charge in [-0.05, 0) is 18.7 Å². The van der Waals surface area contributed by atoms with Crippen molar-refractivity contribution in [2.45, 2.75) is 11.3 Å². The lowest BCUT2D eigenvalue weighted by molar-refractivity contribution is 0.0981. The zero-order chi connectivity index (χ0) is 13.1. The van der Waals surface area contributed by atoms with Crippen LogP contribution >= 0.6 is 0 Å². The number of carbonyl (C=O) groups excluding carboxylic acids is 1. The van der Waals surface area contributed by atoms with E-state index in [9.17, 15) is 13.2 Å². The van der Waals surface area contributed by atoms with Crippen LogP contribution in [0.4, 0.5) is 0 Å². The van der Waals surface area contributed by atoms with Crippen LogP contribution in [0.5, 0.6) is 5.75 Å². The van der Waals surface area contributed by atoms with Crippen LogP contribution in [0.25, 0.3) is 0 Å².